The Balaban J connectivity index is 1.33. The van der Waals surface area contributed by atoms with E-state index in [1.165, 1.54) is 33.6 Å². The van der Waals surface area contributed by atoms with Crippen LogP contribution in [0.3, 0.4) is 0 Å². The Kier molecular flexibility index (Phi) is 15.1. The standard InChI is InChI=1S/C36H47N4S2/c1-6-31(21-24-37-7-2)9-10-32-13-17-35(18-14-32)38(4)27-29-41-42-30-28-39(5)36-19-15-33(16-20-36)11-12-34-22-25-40(8-3)26-23-34/h6,9-26,37H,7-8,27-30H2,1-5H3/q+1/p+1/b10-9+,24-21-,31-6-. The van der Waals surface area contributed by atoms with E-state index >= 15 is 0 Å². The first-order valence-corrected chi connectivity index (χ1v) is 17.4. The van der Waals surface area contributed by atoms with Gasteiger partial charge in [0, 0.05) is 62.2 Å². The summed E-state index contributed by atoms with van der Waals surface area (Å²) in [6.45, 7) is 10.5. The first-order valence-electron chi connectivity index (χ1n) is 14.9. The van der Waals surface area contributed by atoms with E-state index in [1.807, 2.05) is 21.6 Å². The normalized spacial score (nSPS) is 12.2. The molecule has 0 aliphatic rings. The molecule has 222 valence electrons. The van der Waals surface area contributed by atoms with E-state index in [0.29, 0.717) is 0 Å². The monoisotopic (exact) mass is 600 g/mol. The third-order valence-corrected chi connectivity index (χ3v) is 9.35. The molecule has 0 bridgehead atoms. The van der Waals surface area contributed by atoms with Crippen LogP contribution in [0.2, 0.25) is 0 Å². The predicted octanol–water partition coefficient (Wildman–Crippen LogP) is 7.17. The highest BCUT2D eigenvalue weighted by atomic mass is 33.1. The lowest BCUT2D eigenvalue weighted by Gasteiger charge is -2.20. The van der Waals surface area contributed by atoms with Crippen LogP contribution >= 0.6 is 21.6 Å². The second-order valence-electron chi connectivity index (χ2n) is 10.1. The molecule has 0 saturated carbocycles. The fourth-order valence-electron chi connectivity index (χ4n) is 4.14. The van der Waals surface area contributed by atoms with Gasteiger partial charge in [-0.25, -0.2) is 4.57 Å². The average Bonchev–Trinajstić information content (AvgIpc) is 3.03. The van der Waals surface area contributed by atoms with Gasteiger partial charge in [0.05, 0.1) is 12.7 Å². The third-order valence-electron chi connectivity index (χ3n) is 6.98. The van der Waals surface area contributed by atoms with Gasteiger partial charge in [0.1, 0.15) is 6.54 Å². The highest BCUT2D eigenvalue weighted by Crippen LogP contribution is 2.24. The zero-order valence-electron chi connectivity index (χ0n) is 25.9. The number of nitrogens with two attached hydrogens (primary N) is 1. The number of benzene rings is 2. The summed E-state index contributed by atoms with van der Waals surface area (Å²) < 4.78 is 2.17. The Hall–Kier alpha value is -3.19. The molecule has 0 radical (unpaired) electrons. The van der Waals surface area contributed by atoms with Crippen molar-refractivity contribution in [3.63, 3.8) is 0 Å². The molecular formula is C36H48N4S2+2. The van der Waals surface area contributed by atoms with E-state index < -0.39 is 0 Å². The van der Waals surface area contributed by atoms with Gasteiger partial charge in [-0.3, -0.25) is 0 Å². The molecule has 3 rings (SSSR count). The zero-order valence-corrected chi connectivity index (χ0v) is 27.6. The van der Waals surface area contributed by atoms with Crippen molar-refractivity contribution in [2.24, 2.45) is 0 Å². The number of anilines is 2. The Bertz CT molecular complexity index is 1290. The molecule has 4 nitrogen and oxygen atoms in total. The van der Waals surface area contributed by atoms with Crippen LogP contribution in [0.1, 0.15) is 37.5 Å². The molecule has 3 aromatic rings. The van der Waals surface area contributed by atoms with E-state index in [-0.39, 0.29) is 0 Å². The fraction of sp³-hybridized carbons (Fsp3) is 0.306. The number of aromatic nitrogens is 1. The van der Waals surface area contributed by atoms with Crippen molar-refractivity contribution in [2.45, 2.75) is 27.3 Å². The first kappa shape index (κ1) is 33.3. The molecule has 0 fully saturated rings. The van der Waals surface area contributed by atoms with Gasteiger partial charge in [-0.2, -0.15) is 0 Å². The zero-order chi connectivity index (χ0) is 30.0. The topological polar surface area (TPSA) is 27.0 Å². The Labute approximate surface area is 262 Å². The van der Waals surface area contributed by atoms with Crippen molar-refractivity contribution >= 4 is 51.2 Å². The van der Waals surface area contributed by atoms with Gasteiger partial charge < -0.3 is 15.1 Å². The van der Waals surface area contributed by atoms with Crippen molar-refractivity contribution in [2.75, 3.05) is 55.0 Å². The smallest absolute Gasteiger partial charge is 0.169 e. The maximum atomic E-state index is 2.34. The molecule has 0 saturated heterocycles. The largest absolute Gasteiger partial charge is 0.374 e. The first-order chi connectivity index (χ1) is 20.5. The summed E-state index contributed by atoms with van der Waals surface area (Å²) in [5.74, 6) is 2.19. The molecule has 0 spiro atoms. The maximum absolute atomic E-state index is 2.34. The molecule has 1 heterocycles. The van der Waals surface area contributed by atoms with Crippen molar-refractivity contribution in [3.05, 3.63) is 120 Å². The second-order valence-corrected chi connectivity index (χ2v) is 12.8. The van der Waals surface area contributed by atoms with Gasteiger partial charge in [0.2, 0.25) is 0 Å². The van der Waals surface area contributed by atoms with Crippen molar-refractivity contribution < 1.29 is 9.88 Å². The number of aryl methyl sites for hydroxylation is 1. The minimum Gasteiger partial charge on any atom is -0.374 e. The van der Waals surface area contributed by atoms with Crippen LogP contribution in [0, 0.1) is 0 Å². The highest BCUT2D eigenvalue weighted by Gasteiger charge is 2.04. The summed E-state index contributed by atoms with van der Waals surface area (Å²) in [6, 6.07) is 22.0. The van der Waals surface area contributed by atoms with Gasteiger partial charge in [0.15, 0.2) is 12.4 Å². The van der Waals surface area contributed by atoms with Crippen LogP contribution in [0.25, 0.3) is 18.2 Å². The summed E-state index contributed by atoms with van der Waals surface area (Å²) in [5.41, 5.74) is 7.39. The van der Waals surface area contributed by atoms with E-state index in [2.05, 4.69) is 170 Å². The average molecular weight is 601 g/mol. The minimum atomic E-state index is 0.997. The summed E-state index contributed by atoms with van der Waals surface area (Å²) in [5, 5.41) is 2.17. The lowest BCUT2D eigenvalue weighted by molar-refractivity contribution is -0.693. The number of quaternary nitrogens is 1. The number of nitrogens with zero attached hydrogens (tertiary/aromatic N) is 3. The molecule has 0 atom stereocenters. The summed E-state index contributed by atoms with van der Waals surface area (Å²) in [6.07, 6.45) is 19.4. The Morgan fingerprint density at radius 1 is 0.714 bits per heavy atom. The van der Waals surface area contributed by atoms with Gasteiger partial charge in [0.25, 0.3) is 0 Å². The second kappa shape index (κ2) is 19.1. The summed E-state index contributed by atoms with van der Waals surface area (Å²) in [4.78, 5) is 4.67. The highest BCUT2D eigenvalue weighted by molar-refractivity contribution is 8.76. The van der Waals surface area contributed by atoms with Crippen LogP contribution in [-0.2, 0) is 6.54 Å². The number of rotatable bonds is 17. The Morgan fingerprint density at radius 2 is 1.21 bits per heavy atom. The molecular weight excluding hydrogens is 553 g/mol. The van der Waals surface area contributed by atoms with Crippen LogP contribution in [0.5, 0.6) is 0 Å². The van der Waals surface area contributed by atoms with Gasteiger partial charge in [-0.1, -0.05) is 76.2 Å². The van der Waals surface area contributed by atoms with Gasteiger partial charge >= 0.3 is 0 Å². The summed E-state index contributed by atoms with van der Waals surface area (Å²) in [7, 11) is 8.27. The van der Waals surface area contributed by atoms with Gasteiger partial charge in [-0.15, -0.1) is 0 Å². The summed E-state index contributed by atoms with van der Waals surface area (Å²) >= 11 is 0. The third kappa shape index (κ3) is 12.0. The van der Waals surface area contributed by atoms with Crippen LogP contribution in [0.4, 0.5) is 11.4 Å². The van der Waals surface area contributed by atoms with E-state index in [9.17, 15) is 0 Å². The number of hydrogen-bond acceptors (Lipinski definition) is 4. The predicted molar refractivity (Wildman–Crippen MR) is 190 cm³/mol. The van der Waals surface area contributed by atoms with Crippen molar-refractivity contribution in [1.29, 1.82) is 0 Å². The molecule has 6 heteroatoms. The fourth-order valence-corrected chi connectivity index (χ4v) is 6.23. The number of hydrogen-bond donors (Lipinski definition) is 1. The molecule has 0 amide bonds. The SMILES string of the molecule is C/C=C(\C=C/[NH2+]CC)/C=C/c1ccc(N(C)CCSSCCN(C)c2ccc(/C=C/c3cc[n+](CC)cc3)cc2)cc1. The Morgan fingerprint density at radius 3 is 1.69 bits per heavy atom. The van der Waals surface area contributed by atoms with E-state index in [1.54, 1.807) is 0 Å². The molecule has 2 N–H and O–H groups in total. The number of allylic oxidation sites excluding steroid dienone is 4. The van der Waals surface area contributed by atoms with Crippen LogP contribution < -0.4 is 19.7 Å². The maximum Gasteiger partial charge on any atom is 0.169 e. The lowest BCUT2D eigenvalue weighted by atomic mass is 10.1. The molecule has 42 heavy (non-hydrogen) atoms. The molecule has 2 aromatic carbocycles. The van der Waals surface area contributed by atoms with Gasteiger partial charge in [-0.05, 0) is 73.4 Å². The van der Waals surface area contributed by atoms with Crippen molar-refractivity contribution in [3.8, 4) is 0 Å². The van der Waals surface area contributed by atoms with E-state index in [0.717, 1.165) is 37.7 Å². The van der Waals surface area contributed by atoms with E-state index in [4.69, 9.17) is 0 Å². The van der Waals surface area contributed by atoms with Crippen molar-refractivity contribution in [1.82, 2.24) is 0 Å². The lowest BCUT2D eigenvalue weighted by Crippen LogP contribution is -2.77. The van der Waals surface area contributed by atoms with Crippen LogP contribution in [0.15, 0.2) is 103 Å². The quantitative estimate of drug-likeness (QED) is 0.0769. The molecule has 0 aliphatic heterocycles. The van der Waals surface area contributed by atoms with Crippen LogP contribution in [-0.4, -0.2) is 45.2 Å². The number of pyridine rings is 1. The molecule has 0 aliphatic carbocycles. The minimum absolute atomic E-state index is 0.997. The molecule has 1 aromatic heterocycles. The molecule has 0 unspecified atom stereocenters.